The van der Waals surface area contributed by atoms with Gasteiger partial charge in [-0.15, -0.1) is 0 Å². The quantitative estimate of drug-likeness (QED) is 0.634. The van der Waals surface area contributed by atoms with Crippen LogP contribution in [0.2, 0.25) is 0 Å². The molecule has 1 fully saturated rings. The Hall–Kier alpha value is -3.68. The molecule has 8 heteroatoms. The molecule has 8 nitrogen and oxygen atoms in total. The third kappa shape index (κ3) is 4.96. The van der Waals surface area contributed by atoms with Gasteiger partial charge < -0.3 is 19.7 Å². The van der Waals surface area contributed by atoms with Crippen LogP contribution in [0.5, 0.6) is 11.5 Å². The maximum atomic E-state index is 12.8. The number of nitrogens with one attached hydrogen (secondary N) is 1. The molecule has 0 spiro atoms. The van der Waals surface area contributed by atoms with Crippen LogP contribution < -0.4 is 19.7 Å². The summed E-state index contributed by atoms with van der Waals surface area (Å²) in [4.78, 5) is 28.4. The first kappa shape index (κ1) is 21.5. The number of benzene rings is 1. The Labute approximate surface area is 187 Å². The van der Waals surface area contributed by atoms with E-state index in [0.29, 0.717) is 23.0 Å². The number of aromatic nitrogens is 3. The Balaban J connectivity index is 1.39. The van der Waals surface area contributed by atoms with Gasteiger partial charge in [0.1, 0.15) is 17.3 Å². The van der Waals surface area contributed by atoms with Crippen LogP contribution in [0.1, 0.15) is 18.5 Å². The third-order valence-electron chi connectivity index (χ3n) is 5.60. The highest BCUT2D eigenvalue weighted by atomic mass is 16.5. The maximum absolute atomic E-state index is 12.8. The Morgan fingerprint density at radius 1 is 1.00 bits per heavy atom. The lowest BCUT2D eigenvalue weighted by Gasteiger charge is -2.32. The highest BCUT2D eigenvalue weighted by molar-refractivity contribution is 5.93. The van der Waals surface area contributed by atoms with Gasteiger partial charge in [0.2, 0.25) is 5.91 Å². The Kier molecular flexibility index (Phi) is 6.49. The second-order valence-corrected chi connectivity index (χ2v) is 7.78. The second kappa shape index (κ2) is 9.64. The summed E-state index contributed by atoms with van der Waals surface area (Å²) in [6.45, 7) is 3.46. The zero-order valence-electron chi connectivity index (χ0n) is 18.5. The first-order chi connectivity index (χ1) is 15.6. The van der Waals surface area contributed by atoms with Gasteiger partial charge in [-0.25, -0.2) is 9.97 Å². The number of piperidine rings is 1. The van der Waals surface area contributed by atoms with E-state index < -0.39 is 0 Å². The van der Waals surface area contributed by atoms with E-state index in [4.69, 9.17) is 14.5 Å². The lowest BCUT2D eigenvalue weighted by atomic mass is 9.95. The van der Waals surface area contributed by atoms with Gasteiger partial charge in [-0.1, -0.05) is 0 Å². The predicted octanol–water partition coefficient (Wildman–Crippen LogP) is 3.72. The van der Waals surface area contributed by atoms with Crippen LogP contribution in [0.4, 0.5) is 11.5 Å². The minimum absolute atomic E-state index is 0.00981. The van der Waals surface area contributed by atoms with Gasteiger partial charge in [0, 0.05) is 66.5 Å². The first-order valence-electron chi connectivity index (χ1n) is 10.6. The number of amides is 1. The average molecular weight is 434 g/mol. The van der Waals surface area contributed by atoms with Gasteiger partial charge >= 0.3 is 0 Å². The molecule has 166 valence electrons. The molecule has 3 aromatic rings. The molecule has 1 N–H and O–H groups in total. The van der Waals surface area contributed by atoms with Crippen LogP contribution in [-0.2, 0) is 4.79 Å². The molecule has 0 atom stereocenters. The second-order valence-electron chi connectivity index (χ2n) is 7.78. The van der Waals surface area contributed by atoms with Crippen LogP contribution in [0, 0.1) is 12.8 Å². The number of nitrogens with zero attached hydrogens (tertiary/aromatic N) is 4. The van der Waals surface area contributed by atoms with Crippen LogP contribution in [0.25, 0.3) is 11.4 Å². The van der Waals surface area contributed by atoms with Crippen molar-refractivity contribution in [3.63, 3.8) is 0 Å². The fraction of sp³-hybridized carbons (Fsp3) is 0.333. The Morgan fingerprint density at radius 2 is 1.69 bits per heavy atom. The molecular weight excluding hydrogens is 406 g/mol. The summed E-state index contributed by atoms with van der Waals surface area (Å²) in [6.07, 6.45) is 5.05. The summed E-state index contributed by atoms with van der Waals surface area (Å²) in [5, 5.41) is 3.00. The predicted molar refractivity (Wildman–Crippen MR) is 123 cm³/mol. The zero-order valence-corrected chi connectivity index (χ0v) is 18.5. The summed E-state index contributed by atoms with van der Waals surface area (Å²) in [5.41, 5.74) is 2.54. The third-order valence-corrected chi connectivity index (χ3v) is 5.60. The number of methoxy groups -OCH3 is 2. The minimum atomic E-state index is -0.0624. The van der Waals surface area contributed by atoms with Gasteiger partial charge in [0.05, 0.1) is 14.2 Å². The minimum Gasteiger partial charge on any atom is -0.497 e. The molecule has 0 unspecified atom stereocenters. The van der Waals surface area contributed by atoms with E-state index in [9.17, 15) is 4.79 Å². The van der Waals surface area contributed by atoms with Crippen molar-refractivity contribution >= 4 is 17.4 Å². The fourth-order valence-electron chi connectivity index (χ4n) is 3.84. The molecule has 1 amide bonds. The van der Waals surface area contributed by atoms with E-state index in [1.807, 2.05) is 25.1 Å². The standard InChI is InChI=1S/C24H27N5O3/c1-16-12-18(4-8-25-16)23-26-9-5-22(28-23)29-10-6-17(7-11-29)24(30)27-19-13-20(31-2)15-21(14-19)32-3/h4-5,8-9,12-15,17H,6-7,10-11H2,1-3H3,(H,27,30). The molecule has 4 rings (SSSR count). The van der Waals surface area contributed by atoms with E-state index in [0.717, 1.165) is 43.0 Å². The van der Waals surface area contributed by atoms with E-state index in [-0.39, 0.29) is 11.8 Å². The molecule has 0 saturated carbocycles. The van der Waals surface area contributed by atoms with Crippen LogP contribution >= 0.6 is 0 Å². The highest BCUT2D eigenvalue weighted by Gasteiger charge is 2.26. The summed E-state index contributed by atoms with van der Waals surface area (Å²) >= 11 is 0. The molecule has 2 aromatic heterocycles. The molecule has 1 aromatic carbocycles. The van der Waals surface area contributed by atoms with Crippen molar-refractivity contribution in [2.45, 2.75) is 19.8 Å². The number of ether oxygens (including phenoxy) is 2. The zero-order chi connectivity index (χ0) is 22.5. The molecule has 0 bridgehead atoms. The molecule has 1 saturated heterocycles. The van der Waals surface area contributed by atoms with Gasteiger partial charge in [0.15, 0.2) is 5.82 Å². The van der Waals surface area contributed by atoms with Crippen molar-refractivity contribution in [1.29, 1.82) is 0 Å². The topological polar surface area (TPSA) is 89.5 Å². The van der Waals surface area contributed by atoms with Gasteiger partial charge in [-0.2, -0.15) is 0 Å². The molecule has 32 heavy (non-hydrogen) atoms. The summed E-state index contributed by atoms with van der Waals surface area (Å²) < 4.78 is 10.6. The molecule has 1 aliphatic rings. The van der Waals surface area contributed by atoms with E-state index >= 15 is 0 Å². The summed E-state index contributed by atoms with van der Waals surface area (Å²) in [7, 11) is 3.18. The van der Waals surface area contributed by atoms with Gasteiger partial charge in [-0.3, -0.25) is 9.78 Å². The molecule has 0 radical (unpaired) electrons. The summed E-state index contributed by atoms with van der Waals surface area (Å²) in [6, 6.07) is 11.2. The number of hydrogen-bond acceptors (Lipinski definition) is 7. The Morgan fingerprint density at radius 3 is 2.34 bits per heavy atom. The largest absolute Gasteiger partial charge is 0.497 e. The molecule has 1 aliphatic heterocycles. The van der Waals surface area contributed by atoms with E-state index in [2.05, 4.69) is 20.2 Å². The monoisotopic (exact) mass is 433 g/mol. The van der Waals surface area contributed by atoms with Crippen molar-refractivity contribution in [3.8, 4) is 22.9 Å². The van der Waals surface area contributed by atoms with Crippen molar-refractivity contribution < 1.29 is 14.3 Å². The number of anilines is 2. The van der Waals surface area contributed by atoms with Crippen LogP contribution in [0.3, 0.4) is 0 Å². The van der Waals surface area contributed by atoms with Crippen LogP contribution in [0.15, 0.2) is 48.8 Å². The average Bonchev–Trinajstić information content (AvgIpc) is 2.84. The number of rotatable bonds is 6. The lowest BCUT2D eigenvalue weighted by Crippen LogP contribution is -2.38. The highest BCUT2D eigenvalue weighted by Crippen LogP contribution is 2.28. The van der Waals surface area contributed by atoms with E-state index in [1.165, 1.54) is 0 Å². The van der Waals surface area contributed by atoms with Crippen LogP contribution in [-0.4, -0.2) is 48.2 Å². The summed E-state index contributed by atoms with van der Waals surface area (Å²) in [5.74, 6) is 2.78. The first-order valence-corrected chi connectivity index (χ1v) is 10.6. The van der Waals surface area contributed by atoms with Crippen molar-refractivity contribution in [2.75, 3.05) is 37.5 Å². The van der Waals surface area contributed by atoms with Gasteiger partial charge in [0.25, 0.3) is 0 Å². The van der Waals surface area contributed by atoms with Crippen molar-refractivity contribution in [3.05, 3.63) is 54.5 Å². The Bertz CT molecular complexity index is 1070. The number of pyridine rings is 1. The number of aryl methyl sites for hydroxylation is 1. The lowest BCUT2D eigenvalue weighted by molar-refractivity contribution is -0.120. The van der Waals surface area contributed by atoms with Gasteiger partial charge in [-0.05, 0) is 38.0 Å². The smallest absolute Gasteiger partial charge is 0.227 e. The number of carbonyl (C=O) groups is 1. The SMILES string of the molecule is COc1cc(NC(=O)C2CCN(c3ccnc(-c4ccnc(C)c4)n3)CC2)cc(OC)c1. The van der Waals surface area contributed by atoms with Crippen molar-refractivity contribution in [1.82, 2.24) is 15.0 Å². The fourth-order valence-corrected chi connectivity index (χ4v) is 3.84. The normalized spacial score (nSPS) is 14.2. The van der Waals surface area contributed by atoms with E-state index in [1.54, 1.807) is 44.8 Å². The molecular formula is C24H27N5O3. The number of hydrogen-bond donors (Lipinski definition) is 1. The maximum Gasteiger partial charge on any atom is 0.227 e. The number of carbonyl (C=O) groups excluding carboxylic acids is 1. The molecule has 3 heterocycles. The van der Waals surface area contributed by atoms with Crippen molar-refractivity contribution in [2.24, 2.45) is 5.92 Å². The molecule has 0 aliphatic carbocycles.